The van der Waals surface area contributed by atoms with Crippen molar-refractivity contribution in [3.05, 3.63) is 64.6 Å². The maximum atomic E-state index is 12.4. The number of rotatable bonds is 6. The Balaban J connectivity index is 1.26. The van der Waals surface area contributed by atoms with Gasteiger partial charge in [0.2, 0.25) is 5.91 Å². The fourth-order valence-corrected chi connectivity index (χ4v) is 4.26. The summed E-state index contributed by atoms with van der Waals surface area (Å²) in [4.78, 5) is 32.6. The topological polar surface area (TPSA) is 86.1 Å². The largest absolute Gasteiger partial charge is 0.490 e. The molecule has 1 aliphatic carbocycles. The second kappa shape index (κ2) is 9.29. The molecule has 0 unspecified atom stereocenters. The van der Waals surface area contributed by atoms with E-state index < -0.39 is 0 Å². The van der Waals surface area contributed by atoms with Gasteiger partial charge < -0.3 is 10.1 Å². The molecule has 0 bridgehead atoms. The van der Waals surface area contributed by atoms with Gasteiger partial charge in [-0.1, -0.05) is 12.1 Å². The van der Waals surface area contributed by atoms with E-state index in [1.807, 2.05) is 43.5 Å². The molecule has 1 N–H and O–H groups in total. The lowest BCUT2D eigenvalue weighted by Gasteiger charge is -2.30. The number of carbonyl (C=O) groups is 1. The van der Waals surface area contributed by atoms with Gasteiger partial charge in [-0.25, -0.2) is 4.79 Å². The number of benzene rings is 1. The van der Waals surface area contributed by atoms with Gasteiger partial charge in [0.15, 0.2) is 0 Å². The summed E-state index contributed by atoms with van der Waals surface area (Å²) < 4.78 is 7.83. The van der Waals surface area contributed by atoms with Crippen LogP contribution in [0.2, 0.25) is 0 Å². The lowest BCUT2D eigenvalue weighted by molar-refractivity contribution is -0.122. The van der Waals surface area contributed by atoms with Gasteiger partial charge in [0.25, 0.3) is 0 Å². The summed E-state index contributed by atoms with van der Waals surface area (Å²) in [6.45, 7) is 4.00. The first-order valence-corrected chi connectivity index (χ1v) is 10.8. The lowest BCUT2D eigenvalue weighted by Crippen LogP contribution is -2.40. The summed E-state index contributed by atoms with van der Waals surface area (Å²) in [5.74, 6) is 0.859. The molecule has 1 amide bonds. The Bertz CT molecular complexity index is 1130. The van der Waals surface area contributed by atoms with Crippen molar-refractivity contribution < 1.29 is 9.53 Å². The highest BCUT2D eigenvalue weighted by molar-refractivity contribution is 5.87. The number of amides is 1. The summed E-state index contributed by atoms with van der Waals surface area (Å²) >= 11 is 0. The highest BCUT2D eigenvalue weighted by atomic mass is 16.5. The predicted molar refractivity (Wildman–Crippen MR) is 119 cm³/mol. The van der Waals surface area contributed by atoms with Gasteiger partial charge >= 0.3 is 5.69 Å². The second-order valence-corrected chi connectivity index (χ2v) is 8.24. The van der Waals surface area contributed by atoms with Crippen molar-refractivity contribution in [3.8, 4) is 5.75 Å². The van der Waals surface area contributed by atoms with E-state index in [-0.39, 0.29) is 30.2 Å². The minimum Gasteiger partial charge on any atom is -0.490 e. The van der Waals surface area contributed by atoms with Crippen LogP contribution in [0.3, 0.4) is 0 Å². The van der Waals surface area contributed by atoms with E-state index in [1.54, 1.807) is 17.7 Å². The van der Waals surface area contributed by atoms with E-state index in [1.165, 1.54) is 0 Å². The Hall–Kier alpha value is -3.22. The third-order valence-electron chi connectivity index (χ3n) is 5.88. The molecule has 31 heavy (non-hydrogen) atoms. The summed E-state index contributed by atoms with van der Waals surface area (Å²) in [5, 5.41) is 5.26. The summed E-state index contributed by atoms with van der Waals surface area (Å²) in [5.41, 5.74) is 1.22. The Kier molecular flexibility index (Phi) is 6.30. The van der Waals surface area contributed by atoms with Gasteiger partial charge in [-0.2, -0.15) is 4.98 Å². The van der Waals surface area contributed by atoms with E-state index in [9.17, 15) is 9.59 Å². The number of pyridine rings is 1. The Morgan fingerprint density at radius 2 is 2.00 bits per heavy atom. The zero-order chi connectivity index (χ0) is 21.8. The van der Waals surface area contributed by atoms with Gasteiger partial charge in [0.05, 0.1) is 6.10 Å². The molecule has 7 nitrogen and oxygen atoms in total. The van der Waals surface area contributed by atoms with E-state index in [4.69, 9.17) is 4.74 Å². The maximum Gasteiger partial charge on any atom is 0.347 e. The molecule has 7 heteroatoms. The van der Waals surface area contributed by atoms with E-state index in [0.29, 0.717) is 12.2 Å². The first-order valence-electron chi connectivity index (χ1n) is 10.8. The van der Waals surface area contributed by atoms with Crippen LogP contribution >= 0.6 is 0 Å². The highest BCUT2D eigenvalue weighted by Crippen LogP contribution is 2.29. The third kappa shape index (κ3) is 5.10. The number of nitrogens with zero attached hydrogens (tertiary/aromatic N) is 3. The van der Waals surface area contributed by atoms with Crippen LogP contribution in [-0.2, 0) is 11.3 Å². The molecular formula is C24H28N4O3. The van der Waals surface area contributed by atoms with Crippen molar-refractivity contribution in [2.24, 2.45) is 0 Å². The van der Waals surface area contributed by atoms with Crippen molar-refractivity contribution in [2.75, 3.05) is 0 Å². The average Bonchev–Trinajstić information content (AvgIpc) is 2.74. The Labute approximate surface area is 181 Å². The fraction of sp³-hybridized carbons (Fsp3) is 0.417. The van der Waals surface area contributed by atoms with Crippen LogP contribution in [0.5, 0.6) is 5.75 Å². The number of aromatic nitrogens is 3. The molecule has 0 aliphatic heterocycles. The summed E-state index contributed by atoms with van der Waals surface area (Å²) in [6.07, 6.45) is 7.60. The monoisotopic (exact) mass is 420 g/mol. The van der Waals surface area contributed by atoms with E-state index in [2.05, 4.69) is 15.3 Å². The van der Waals surface area contributed by atoms with Crippen LogP contribution in [0.1, 0.15) is 43.5 Å². The predicted octanol–water partition coefficient (Wildman–Crippen LogP) is 3.30. The average molecular weight is 421 g/mol. The lowest BCUT2D eigenvalue weighted by atomic mass is 9.92. The number of ether oxygens (including phenoxy) is 1. The van der Waals surface area contributed by atoms with Gasteiger partial charge in [-0.05, 0) is 57.7 Å². The number of nitrogens with one attached hydrogen (secondary N) is 1. The van der Waals surface area contributed by atoms with Gasteiger partial charge in [-0.3, -0.25) is 14.3 Å². The maximum absolute atomic E-state index is 12.4. The summed E-state index contributed by atoms with van der Waals surface area (Å²) in [6, 6.07) is 10.0. The first kappa shape index (κ1) is 21.0. The minimum atomic E-state index is -0.299. The Morgan fingerprint density at radius 3 is 2.77 bits per heavy atom. The van der Waals surface area contributed by atoms with Gasteiger partial charge in [0, 0.05) is 53.6 Å². The van der Waals surface area contributed by atoms with Crippen molar-refractivity contribution >= 4 is 16.7 Å². The molecule has 162 valence electrons. The van der Waals surface area contributed by atoms with Crippen LogP contribution in [0.4, 0.5) is 0 Å². The van der Waals surface area contributed by atoms with Gasteiger partial charge in [-0.15, -0.1) is 0 Å². The molecular weight excluding hydrogens is 392 g/mol. The Morgan fingerprint density at radius 1 is 1.19 bits per heavy atom. The number of hydrogen-bond acceptors (Lipinski definition) is 5. The number of aryl methyl sites for hydroxylation is 2. The SMILES string of the molecule is Cc1cc(C)n(CCC(=O)NC2CCC(Oc3cccc4cnccc34)CC2)c(=O)n1. The number of fused-ring (bicyclic) bond motifs is 1. The van der Waals surface area contributed by atoms with Crippen molar-refractivity contribution in [1.29, 1.82) is 0 Å². The minimum absolute atomic E-state index is 0.0298. The molecule has 4 rings (SSSR count). The standard InChI is InChI=1S/C24H28N4O3/c1-16-14-17(2)28(24(30)26-16)13-11-23(29)27-19-6-8-20(9-7-19)31-22-5-3-4-18-15-25-12-10-21(18)22/h3-5,10,12,14-15,19-20H,6-9,11,13H2,1-2H3,(H,27,29). The van der Waals surface area contributed by atoms with Crippen LogP contribution in [0.25, 0.3) is 10.8 Å². The van der Waals surface area contributed by atoms with Crippen molar-refractivity contribution in [2.45, 2.75) is 64.6 Å². The van der Waals surface area contributed by atoms with E-state index >= 15 is 0 Å². The van der Waals surface area contributed by atoms with Gasteiger partial charge in [0.1, 0.15) is 5.75 Å². The zero-order valence-corrected chi connectivity index (χ0v) is 18.0. The third-order valence-corrected chi connectivity index (χ3v) is 5.88. The molecule has 3 aromatic rings. The number of carbonyl (C=O) groups excluding carboxylic acids is 1. The van der Waals surface area contributed by atoms with Crippen molar-refractivity contribution in [1.82, 2.24) is 19.9 Å². The van der Waals surface area contributed by atoms with Crippen molar-refractivity contribution in [3.63, 3.8) is 0 Å². The molecule has 1 aliphatic rings. The quantitative estimate of drug-likeness (QED) is 0.661. The smallest absolute Gasteiger partial charge is 0.347 e. The van der Waals surface area contributed by atoms with E-state index in [0.717, 1.165) is 47.9 Å². The van der Waals surface area contributed by atoms with Crippen LogP contribution < -0.4 is 15.7 Å². The first-order chi connectivity index (χ1) is 15.0. The second-order valence-electron chi connectivity index (χ2n) is 8.24. The molecule has 1 saturated carbocycles. The van der Waals surface area contributed by atoms with Crippen LogP contribution in [0.15, 0.2) is 47.5 Å². The molecule has 2 heterocycles. The van der Waals surface area contributed by atoms with Crippen LogP contribution in [-0.4, -0.2) is 32.6 Å². The summed E-state index contributed by atoms with van der Waals surface area (Å²) in [7, 11) is 0. The number of hydrogen-bond donors (Lipinski definition) is 1. The molecule has 1 aromatic carbocycles. The van der Waals surface area contributed by atoms with Crippen LogP contribution in [0, 0.1) is 13.8 Å². The highest BCUT2D eigenvalue weighted by Gasteiger charge is 2.24. The fourth-order valence-electron chi connectivity index (χ4n) is 4.26. The molecule has 0 saturated heterocycles. The molecule has 1 fully saturated rings. The zero-order valence-electron chi connectivity index (χ0n) is 18.0. The molecule has 0 spiro atoms. The normalized spacial score (nSPS) is 18.6. The molecule has 0 atom stereocenters. The molecule has 0 radical (unpaired) electrons. The molecule has 2 aromatic heterocycles.